The summed E-state index contributed by atoms with van der Waals surface area (Å²) in [4.78, 5) is 25.2. The molecule has 0 aliphatic heterocycles. The SMILES string of the molecule is Cc1ccc(C(=O)NNC(=O)c2ccccc2Br)s1. The third-order valence-electron chi connectivity index (χ3n) is 2.37. The normalized spacial score (nSPS) is 10.0. The zero-order valence-corrected chi connectivity index (χ0v) is 12.5. The maximum absolute atomic E-state index is 11.9. The van der Waals surface area contributed by atoms with E-state index in [9.17, 15) is 9.59 Å². The van der Waals surface area contributed by atoms with E-state index in [-0.39, 0.29) is 11.8 Å². The number of hydrazine groups is 1. The average molecular weight is 339 g/mol. The fourth-order valence-electron chi connectivity index (χ4n) is 1.44. The van der Waals surface area contributed by atoms with Gasteiger partial charge in [0, 0.05) is 9.35 Å². The lowest BCUT2D eigenvalue weighted by atomic mass is 10.2. The van der Waals surface area contributed by atoms with E-state index >= 15 is 0 Å². The Morgan fingerprint density at radius 3 is 2.37 bits per heavy atom. The van der Waals surface area contributed by atoms with Crippen LogP contribution in [0.15, 0.2) is 40.9 Å². The predicted octanol–water partition coefficient (Wildman–Crippen LogP) is 2.89. The molecule has 2 N–H and O–H groups in total. The van der Waals surface area contributed by atoms with Gasteiger partial charge in [0.2, 0.25) is 0 Å². The monoisotopic (exact) mass is 338 g/mol. The Balaban J connectivity index is 1.98. The zero-order chi connectivity index (χ0) is 13.8. The van der Waals surface area contributed by atoms with Gasteiger partial charge in [0.05, 0.1) is 10.4 Å². The van der Waals surface area contributed by atoms with Crippen LogP contribution in [0.1, 0.15) is 24.9 Å². The van der Waals surface area contributed by atoms with Crippen molar-refractivity contribution in [2.75, 3.05) is 0 Å². The van der Waals surface area contributed by atoms with E-state index in [1.54, 1.807) is 24.3 Å². The van der Waals surface area contributed by atoms with Crippen LogP contribution in [0.2, 0.25) is 0 Å². The third kappa shape index (κ3) is 3.42. The Morgan fingerprint density at radius 1 is 1.05 bits per heavy atom. The molecule has 1 aromatic heterocycles. The summed E-state index contributed by atoms with van der Waals surface area (Å²) in [6.07, 6.45) is 0. The summed E-state index contributed by atoms with van der Waals surface area (Å²) in [5, 5.41) is 0. The molecule has 2 aromatic rings. The van der Waals surface area contributed by atoms with Crippen LogP contribution in [0.25, 0.3) is 0 Å². The van der Waals surface area contributed by atoms with Crippen LogP contribution in [0.3, 0.4) is 0 Å². The standard InChI is InChI=1S/C13H11BrN2O2S/c1-8-6-7-11(19-8)13(18)16-15-12(17)9-4-2-3-5-10(9)14/h2-7H,1H3,(H,15,17)(H,16,18). The van der Waals surface area contributed by atoms with E-state index in [0.29, 0.717) is 14.9 Å². The molecule has 98 valence electrons. The molecule has 1 heterocycles. The van der Waals surface area contributed by atoms with Gasteiger partial charge in [-0.2, -0.15) is 0 Å². The van der Waals surface area contributed by atoms with E-state index in [1.807, 2.05) is 19.1 Å². The van der Waals surface area contributed by atoms with Crippen LogP contribution >= 0.6 is 27.3 Å². The Bertz CT molecular complexity index is 625. The quantitative estimate of drug-likeness (QED) is 0.827. The predicted molar refractivity (Wildman–Crippen MR) is 78.1 cm³/mol. The first-order chi connectivity index (χ1) is 9.08. The highest BCUT2D eigenvalue weighted by molar-refractivity contribution is 9.10. The van der Waals surface area contributed by atoms with Crippen molar-refractivity contribution in [2.45, 2.75) is 6.92 Å². The second kappa shape index (κ2) is 5.99. The van der Waals surface area contributed by atoms with Crippen LogP contribution in [0.5, 0.6) is 0 Å². The maximum atomic E-state index is 11.9. The zero-order valence-electron chi connectivity index (χ0n) is 10.1. The molecule has 0 bridgehead atoms. The molecule has 1 aromatic carbocycles. The molecule has 0 unspecified atom stereocenters. The summed E-state index contributed by atoms with van der Waals surface area (Å²) >= 11 is 4.65. The number of rotatable bonds is 2. The minimum absolute atomic E-state index is 0.321. The highest BCUT2D eigenvalue weighted by atomic mass is 79.9. The van der Waals surface area contributed by atoms with Crippen molar-refractivity contribution in [2.24, 2.45) is 0 Å². The van der Waals surface area contributed by atoms with Crippen molar-refractivity contribution in [3.05, 3.63) is 56.2 Å². The van der Waals surface area contributed by atoms with Crippen molar-refractivity contribution in [3.8, 4) is 0 Å². The number of carbonyl (C=O) groups excluding carboxylic acids is 2. The van der Waals surface area contributed by atoms with Crippen molar-refractivity contribution in [1.29, 1.82) is 0 Å². The van der Waals surface area contributed by atoms with Gasteiger partial charge in [-0.1, -0.05) is 12.1 Å². The molecule has 0 aliphatic rings. The second-order valence-corrected chi connectivity index (χ2v) is 5.94. The van der Waals surface area contributed by atoms with E-state index < -0.39 is 0 Å². The molecule has 0 saturated heterocycles. The van der Waals surface area contributed by atoms with Gasteiger partial charge in [0.1, 0.15) is 0 Å². The fourth-order valence-corrected chi connectivity index (χ4v) is 2.67. The lowest BCUT2D eigenvalue weighted by molar-refractivity contribution is 0.0848. The van der Waals surface area contributed by atoms with Gasteiger partial charge in [-0.25, -0.2) is 0 Å². The molecule has 0 atom stereocenters. The highest BCUT2D eigenvalue weighted by Crippen LogP contribution is 2.16. The van der Waals surface area contributed by atoms with Gasteiger partial charge in [-0.05, 0) is 47.1 Å². The van der Waals surface area contributed by atoms with Crippen LogP contribution in [0.4, 0.5) is 0 Å². The molecule has 0 aliphatic carbocycles. The van der Waals surface area contributed by atoms with Crippen molar-refractivity contribution >= 4 is 39.1 Å². The van der Waals surface area contributed by atoms with Gasteiger partial charge in [0.25, 0.3) is 11.8 Å². The lowest BCUT2D eigenvalue weighted by Crippen LogP contribution is -2.41. The van der Waals surface area contributed by atoms with Crippen molar-refractivity contribution in [3.63, 3.8) is 0 Å². The van der Waals surface area contributed by atoms with Crippen molar-refractivity contribution in [1.82, 2.24) is 10.9 Å². The first-order valence-electron chi connectivity index (χ1n) is 5.49. The summed E-state index contributed by atoms with van der Waals surface area (Å²) in [6, 6.07) is 10.6. The van der Waals surface area contributed by atoms with E-state index in [0.717, 1.165) is 4.88 Å². The van der Waals surface area contributed by atoms with Crippen LogP contribution < -0.4 is 10.9 Å². The van der Waals surface area contributed by atoms with E-state index in [1.165, 1.54) is 11.3 Å². The molecule has 0 radical (unpaired) electrons. The minimum atomic E-state index is -0.367. The van der Waals surface area contributed by atoms with Gasteiger partial charge >= 0.3 is 0 Å². The minimum Gasteiger partial charge on any atom is -0.267 e. The molecular formula is C13H11BrN2O2S. The first-order valence-corrected chi connectivity index (χ1v) is 7.10. The average Bonchev–Trinajstić information content (AvgIpc) is 2.83. The van der Waals surface area contributed by atoms with Gasteiger partial charge < -0.3 is 0 Å². The summed E-state index contributed by atoms with van der Waals surface area (Å²) in [5.74, 6) is -0.687. The molecule has 2 rings (SSSR count). The largest absolute Gasteiger partial charge is 0.279 e. The molecule has 4 nitrogen and oxygen atoms in total. The van der Waals surface area contributed by atoms with Crippen molar-refractivity contribution < 1.29 is 9.59 Å². The number of thiophene rings is 1. The number of amides is 2. The van der Waals surface area contributed by atoms with Gasteiger partial charge in [-0.15, -0.1) is 11.3 Å². The molecule has 0 fully saturated rings. The second-order valence-electron chi connectivity index (χ2n) is 3.80. The maximum Gasteiger partial charge on any atom is 0.279 e. The van der Waals surface area contributed by atoms with Crippen LogP contribution in [-0.4, -0.2) is 11.8 Å². The number of benzene rings is 1. The van der Waals surface area contributed by atoms with Gasteiger partial charge in [-0.3, -0.25) is 20.4 Å². The Kier molecular flexibility index (Phi) is 4.34. The number of carbonyl (C=O) groups is 2. The summed E-state index contributed by atoms with van der Waals surface area (Å²) in [5.41, 5.74) is 5.24. The number of nitrogens with one attached hydrogen (secondary N) is 2. The Morgan fingerprint density at radius 2 is 1.74 bits per heavy atom. The van der Waals surface area contributed by atoms with Crippen LogP contribution in [0, 0.1) is 6.92 Å². The molecule has 2 amide bonds. The topological polar surface area (TPSA) is 58.2 Å². The molecule has 19 heavy (non-hydrogen) atoms. The molecule has 0 saturated carbocycles. The summed E-state index contributed by atoms with van der Waals surface area (Å²) < 4.78 is 0.675. The summed E-state index contributed by atoms with van der Waals surface area (Å²) in [6.45, 7) is 1.92. The van der Waals surface area contributed by atoms with E-state index in [2.05, 4.69) is 26.8 Å². The Labute approximate surface area is 122 Å². The van der Waals surface area contributed by atoms with Crippen LogP contribution in [-0.2, 0) is 0 Å². The fraction of sp³-hybridized carbons (Fsp3) is 0.0769. The highest BCUT2D eigenvalue weighted by Gasteiger charge is 2.12. The third-order valence-corrected chi connectivity index (χ3v) is 4.06. The smallest absolute Gasteiger partial charge is 0.267 e. The number of halogens is 1. The first kappa shape index (κ1) is 13.8. The van der Waals surface area contributed by atoms with E-state index in [4.69, 9.17) is 0 Å². The Hall–Kier alpha value is -1.66. The summed E-state index contributed by atoms with van der Waals surface area (Å²) in [7, 11) is 0. The van der Waals surface area contributed by atoms with Gasteiger partial charge in [0.15, 0.2) is 0 Å². The number of hydrogen-bond acceptors (Lipinski definition) is 3. The molecule has 0 spiro atoms. The lowest BCUT2D eigenvalue weighted by Gasteiger charge is -2.07. The number of hydrogen-bond donors (Lipinski definition) is 2. The molecule has 6 heteroatoms. The number of aryl methyl sites for hydroxylation is 1. The molecular weight excluding hydrogens is 328 g/mol.